The molecule has 5 aromatic rings. The first-order valence-corrected chi connectivity index (χ1v) is 9.88. The Morgan fingerprint density at radius 2 is 2.16 bits per heavy atom. The van der Waals surface area contributed by atoms with Gasteiger partial charge in [0.1, 0.15) is 23.1 Å². The number of H-pyrrole nitrogens is 1. The molecule has 1 N–H and O–H groups in total. The van der Waals surface area contributed by atoms with Gasteiger partial charge in [-0.3, -0.25) is 9.78 Å². The normalized spacial score (nSPS) is 15.8. The number of amides is 1. The average Bonchev–Trinajstić information content (AvgIpc) is 3.58. The van der Waals surface area contributed by atoms with Gasteiger partial charge in [-0.25, -0.2) is 23.9 Å². The lowest BCUT2D eigenvalue weighted by molar-refractivity contribution is 0.0655. The molecule has 0 bridgehead atoms. The highest BCUT2D eigenvalue weighted by atomic mass is 19.1. The molecule has 0 fully saturated rings. The Morgan fingerprint density at radius 3 is 3.00 bits per heavy atom. The molecule has 6 heterocycles. The molecule has 6 rings (SSSR count). The monoisotopic (exact) mass is 430 g/mol. The Kier molecular flexibility index (Phi) is 4.06. The molecule has 10 nitrogen and oxygen atoms in total. The zero-order chi connectivity index (χ0) is 21.7. The molecule has 0 saturated carbocycles. The third-order valence-electron chi connectivity index (χ3n) is 5.43. The fraction of sp³-hybridized carbons (Fsp3) is 0.143. The lowest BCUT2D eigenvalue weighted by atomic mass is 9.99. The van der Waals surface area contributed by atoms with Gasteiger partial charge < -0.3 is 14.3 Å². The zero-order valence-corrected chi connectivity index (χ0v) is 16.5. The SMILES string of the molecule is O=C(c1cnc(-c2cnccn2)o1)N1CCc2[nH]cnc2C1c1cc2c(F)cccn2n1. The lowest BCUT2D eigenvalue weighted by Crippen LogP contribution is -2.40. The van der Waals surface area contributed by atoms with E-state index >= 15 is 0 Å². The van der Waals surface area contributed by atoms with Gasteiger partial charge in [0.05, 0.1) is 30.1 Å². The number of hydrogen-bond donors (Lipinski definition) is 1. The van der Waals surface area contributed by atoms with Crippen molar-refractivity contribution in [2.75, 3.05) is 6.54 Å². The summed E-state index contributed by atoms with van der Waals surface area (Å²) in [5.74, 6) is -0.510. The maximum absolute atomic E-state index is 14.3. The molecular weight excluding hydrogens is 415 g/mol. The van der Waals surface area contributed by atoms with Crippen molar-refractivity contribution < 1.29 is 13.6 Å². The first kappa shape index (κ1) is 18.4. The van der Waals surface area contributed by atoms with Crippen LogP contribution in [0.4, 0.5) is 4.39 Å². The molecule has 1 aliphatic heterocycles. The summed E-state index contributed by atoms with van der Waals surface area (Å²) in [6.07, 6.45) is 9.76. The highest BCUT2D eigenvalue weighted by Gasteiger charge is 2.37. The molecule has 0 aliphatic carbocycles. The Bertz CT molecular complexity index is 1440. The number of halogens is 1. The number of aromatic nitrogens is 7. The first-order chi connectivity index (χ1) is 15.7. The number of nitrogens with one attached hydrogen (secondary N) is 1. The standard InChI is InChI=1S/C21H15FN8O2/c22-12-2-1-6-30-16(12)8-14(28-30)19-18-13(26-11-27-18)3-7-29(19)21(31)17-10-25-20(32-17)15-9-23-4-5-24-15/h1-2,4-6,8-11,19H,3,7H2,(H,26,27). The summed E-state index contributed by atoms with van der Waals surface area (Å²) in [6.45, 7) is 0.399. The topological polar surface area (TPSA) is 118 Å². The summed E-state index contributed by atoms with van der Waals surface area (Å²) in [7, 11) is 0. The van der Waals surface area contributed by atoms with Crippen LogP contribution >= 0.6 is 0 Å². The molecule has 5 aromatic heterocycles. The minimum Gasteiger partial charge on any atom is -0.429 e. The van der Waals surface area contributed by atoms with Crippen molar-refractivity contribution in [3.63, 3.8) is 0 Å². The summed E-state index contributed by atoms with van der Waals surface area (Å²) in [5.41, 5.74) is 2.83. The van der Waals surface area contributed by atoms with Crippen LogP contribution in [0.5, 0.6) is 0 Å². The van der Waals surface area contributed by atoms with Crippen LogP contribution < -0.4 is 0 Å². The predicted molar refractivity (Wildman–Crippen MR) is 108 cm³/mol. The summed E-state index contributed by atoms with van der Waals surface area (Å²) < 4.78 is 21.4. The number of oxazole rings is 1. The Morgan fingerprint density at radius 1 is 1.22 bits per heavy atom. The Labute approximate surface area is 179 Å². The molecule has 1 amide bonds. The molecule has 1 atom stereocenters. The second-order valence-corrected chi connectivity index (χ2v) is 7.29. The number of fused-ring (bicyclic) bond motifs is 2. The molecule has 32 heavy (non-hydrogen) atoms. The van der Waals surface area contributed by atoms with Crippen LogP contribution in [0.3, 0.4) is 0 Å². The highest BCUT2D eigenvalue weighted by Crippen LogP contribution is 2.34. The molecule has 1 aliphatic rings. The molecule has 0 saturated heterocycles. The van der Waals surface area contributed by atoms with Crippen molar-refractivity contribution in [1.82, 2.24) is 39.4 Å². The van der Waals surface area contributed by atoms with Gasteiger partial charge in [0.2, 0.25) is 11.7 Å². The summed E-state index contributed by atoms with van der Waals surface area (Å²) >= 11 is 0. The minimum atomic E-state index is -0.609. The molecular formula is C21H15FN8O2. The molecule has 158 valence electrons. The largest absolute Gasteiger partial charge is 0.429 e. The van der Waals surface area contributed by atoms with Gasteiger partial charge in [-0.2, -0.15) is 5.10 Å². The van der Waals surface area contributed by atoms with E-state index in [-0.39, 0.29) is 17.6 Å². The second-order valence-electron chi connectivity index (χ2n) is 7.29. The smallest absolute Gasteiger partial charge is 0.292 e. The van der Waals surface area contributed by atoms with Crippen molar-refractivity contribution in [1.29, 1.82) is 0 Å². The van der Waals surface area contributed by atoms with Crippen LogP contribution in [0.15, 0.2) is 59.9 Å². The van der Waals surface area contributed by atoms with Crippen molar-refractivity contribution in [3.8, 4) is 11.6 Å². The fourth-order valence-electron chi connectivity index (χ4n) is 3.97. The van der Waals surface area contributed by atoms with Gasteiger partial charge in [0, 0.05) is 37.3 Å². The van der Waals surface area contributed by atoms with Crippen molar-refractivity contribution in [2.45, 2.75) is 12.5 Å². The van der Waals surface area contributed by atoms with Crippen LogP contribution in [-0.4, -0.2) is 51.9 Å². The Balaban J connectivity index is 1.41. The van der Waals surface area contributed by atoms with E-state index in [1.54, 1.807) is 29.6 Å². The number of aromatic amines is 1. The van der Waals surface area contributed by atoms with Gasteiger partial charge in [-0.1, -0.05) is 0 Å². The first-order valence-electron chi connectivity index (χ1n) is 9.88. The van der Waals surface area contributed by atoms with Crippen molar-refractivity contribution in [2.24, 2.45) is 0 Å². The van der Waals surface area contributed by atoms with E-state index in [0.717, 1.165) is 5.69 Å². The minimum absolute atomic E-state index is 0.0598. The number of carbonyl (C=O) groups excluding carboxylic acids is 1. The van der Waals surface area contributed by atoms with Crippen LogP contribution in [0.1, 0.15) is 33.7 Å². The third kappa shape index (κ3) is 2.86. The number of pyridine rings is 1. The molecule has 11 heteroatoms. The van der Waals surface area contributed by atoms with E-state index < -0.39 is 11.9 Å². The van der Waals surface area contributed by atoms with Crippen LogP contribution in [-0.2, 0) is 6.42 Å². The van der Waals surface area contributed by atoms with E-state index in [1.807, 2.05) is 0 Å². The third-order valence-corrected chi connectivity index (χ3v) is 5.43. The summed E-state index contributed by atoms with van der Waals surface area (Å²) in [4.78, 5) is 34.9. The number of rotatable bonds is 3. The number of hydrogen-bond acceptors (Lipinski definition) is 7. The quantitative estimate of drug-likeness (QED) is 0.467. The predicted octanol–water partition coefficient (Wildman–Crippen LogP) is 2.43. The zero-order valence-electron chi connectivity index (χ0n) is 16.5. The van der Waals surface area contributed by atoms with Crippen molar-refractivity contribution >= 4 is 11.4 Å². The molecule has 0 aromatic carbocycles. The molecule has 0 radical (unpaired) electrons. The maximum Gasteiger partial charge on any atom is 0.292 e. The Hall–Kier alpha value is -4.41. The lowest BCUT2D eigenvalue weighted by Gasteiger charge is -2.33. The van der Waals surface area contributed by atoms with Crippen LogP contribution in [0.2, 0.25) is 0 Å². The highest BCUT2D eigenvalue weighted by molar-refractivity contribution is 5.92. The molecule has 1 unspecified atom stereocenters. The van der Waals surface area contributed by atoms with E-state index in [9.17, 15) is 9.18 Å². The van der Waals surface area contributed by atoms with E-state index in [4.69, 9.17) is 4.42 Å². The van der Waals surface area contributed by atoms with Crippen LogP contribution in [0.25, 0.3) is 17.1 Å². The van der Waals surface area contributed by atoms with Gasteiger partial charge in [0.25, 0.3) is 5.91 Å². The maximum atomic E-state index is 14.3. The van der Waals surface area contributed by atoms with Gasteiger partial charge in [-0.05, 0) is 18.2 Å². The van der Waals surface area contributed by atoms with E-state index in [2.05, 4.69) is 30.0 Å². The van der Waals surface area contributed by atoms with E-state index in [0.29, 0.717) is 35.6 Å². The second kappa shape index (κ2) is 7.08. The van der Waals surface area contributed by atoms with E-state index in [1.165, 1.54) is 35.4 Å². The summed E-state index contributed by atoms with van der Waals surface area (Å²) in [5, 5.41) is 4.52. The van der Waals surface area contributed by atoms with Gasteiger partial charge in [-0.15, -0.1) is 0 Å². The fourth-order valence-corrected chi connectivity index (χ4v) is 3.97. The van der Waals surface area contributed by atoms with Gasteiger partial charge in [0.15, 0.2) is 0 Å². The summed E-state index contributed by atoms with van der Waals surface area (Å²) in [6, 6.07) is 3.97. The average molecular weight is 430 g/mol. The van der Waals surface area contributed by atoms with Crippen LogP contribution in [0, 0.1) is 5.82 Å². The van der Waals surface area contributed by atoms with Gasteiger partial charge >= 0.3 is 0 Å². The molecule has 0 spiro atoms. The van der Waals surface area contributed by atoms with Crippen molar-refractivity contribution in [3.05, 3.63) is 84.2 Å². The number of nitrogens with zero attached hydrogens (tertiary/aromatic N) is 7. The number of carbonyl (C=O) groups is 1. The number of imidazole rings is 1.